The SMILES string of the molecule is O/C(=C(\C(=C\I)c1ccc(C(F)(F)F)cc1)C(O)c1cccnc1)c1ccc(Cl)cc1. The summed E-state index contributed by atoms with van der Waals surface area (Å²) < 4.78 is 40.5. The molecule has 0 bridgehead atoms. The number of nitrogens with zero attached hydrogens (tertiary/aromatic N) is 1. The van der Waals surface area contributed by atoms with Crippen molar-refractivity contribution in [3.05, 3.63) is 110 Å². The summed E-state index contributed by atoms with van der Waals surface area (Å²) in [4.78, 5) is 4.00. The number of hydrogen-bond donors (Lipinski definition) is 2. The van der Waals surface area contributed by atoms with Crippen molar-refractivity contribution in [2.75, 3.05) is 0 Å². The molecule has 3 rings (SSSR count). The highest BCUT2D eigenvalue weighted by Crippen LogP contribution is 2.39. The lowest BCUT2D eigenvalue weighted by Crippen LogP contribution is -2.08. The number of rotatable bonds is 5. The molecule has 31 heavy (non-hydrogen) atoms. The number of halogens is 5. The van der Waals surface area contributed by atoms with Crippen molar-refractivity contribution >= 4 is 45.5 Å². The fraction of sp³-hybridized carbons (Fsp3) is 0.0870. The minimum Gasteiger partial charge on any atom is -0.507 e. The summed E-state index contributed by atoms with van der Waals surface area (Å²) >= 11 is 7.86. The first kappa shape index (κ1) is 23.3. The van der Waals surface area contributed by atoms with E-state index in [0.717, 1.165) is 12.1 Å². The van der Waals surface area contributed by atoms with Gasteiger partial charge in [-0.2, -0.15) is 13.2 Å². The Labute approximate surface area is 195 Å². The predicted molar refractivity (Wildman–Crippen MR) is 124 cm³/mol. The molecule has 160 valence electrons. The van der Waals surface area contributed by atoms with E-state index in [2.05, 4.69) is 4.98 Å². The highest BCUT2D eigenvalue weighted by atomic mass is 127. The second kappa shape index (κ2) is 9.84. The molecule has 0 spiro atoms. The fourth-order valence-electron chi connectivity index (χ4n) is 2.99. The van der Waals surface area contributed by atoms with Crippen LogP contribution in [-0.2, 0) is 6.18 Å². The van der Waals surface area contributed by atoms with E-state index >= 15 is 0 Å². The molecule has 0 saturated heterocycles. The van der Waals surface area contributed by atoms with Crippen LogP contribution in [0.1, 0.15) is 28.4 Å². The average Bonchev–Trinajstić information content (AvgIpc) is 2.77. The van der Waals surface area contributed by atoms with Crippen molar-refractivity contribution in [1.29, 1.82) is 0 Å². The van der Waals surface area contributed by atoms with E-state index in [1.807, 2.05) is 22.6 Å². The van der Waals surface area contributed by atoms with Gasteiger partial charge in [-0.15, -0.1) is 0 Å². The van der Waals surface area contributed by atoms with Crippen molar-refractivity contribution in [3.63, 3.8) is 0 Å². The Morgan fingerprint density at radius 1 is 1.00 bits per heavy atom. The average molecular weight is 558 g/mol. The minimum absolute atomic E-state index is 0.129. The van der Waals surface area contributed by atoms with Crippen molar-refractivity contribution in [2.45, 2.75) is 12.3 Å². The molecule has 0 radical (unpaired) electrons. The lowest BCUT2D eigenvalue weighted by atomic mass is 9.89. The molecule has 2 aromatic carbocycles. The lowest BCUT2D eigenvalue weighted by Gasteiger charge is -2.21. The molecule has 3 aromatic rings. The Morgan fingerprint density at radius 3 is 2.13 bits per heavy atom. The van der Waals surface area contributed by atoms with Gasteiger partial charge in [-0.3, -0.25) is 4.98 Å². The van der Waals surface area contributed by atoms with Gasteiger partial charge in [0.25, 0.3) is 0 Å². The molecule has 1 aromatic heterocycles. The molecular weight excluding hydrogens is 542 g/mol. The van der Waals surface area contributed by atoms with Crippen LogP contribution >= 0.6 is 34.2 Å². The molecule has 3 nitrogen and oxygen atoms in total. The second-order valence-electron chi connectivity index (χ2n) is 6.56. The number of aliphatic hydroxyl groups excluding tert-OH is 2. The molecular formula is C23H16ClF3INO2. The third kappa shape index (κ3) is 5.47. The van der Waals surface area contributed by atoms with Crippen LogP contribution in [0.4, 0.5) is 13.2 Å². The van der Waals surface area contributed by atoms with E-state index in [9.17, 15) is 23.4 Å². The van der Waals surface area contributed by atoms with Crippen LogP contribution in [0.15, 0.2) is 82.7 Å². The van der Waals surface area contributed by atoms with Gasteiger partial charge in [0.15, 0.2) is 0 Å². The van der Waals surface area contributed by atoms with Gasteiger partial charge in [-0.25, -0.2) is 0 Å². The van der Waals surface area contributed by atoms with Crippen LogP contribution in [0.3, 0.4) is 0 Å². The van der Waals surface area contributed by atoms with E-state index in [1.54, 1.807) is 46.7 Å². The Hall–Kier alpha value is -2.36. The fourth-order valence-corrected chi connectivity index (χ4v) is 3.81. The Balaban J connectivity index is 2.16. The van der Waals surface area contributed by atoms with E-state index < -0.39 is 17.8 Å². The maximum atomic E-state index is 13.0. The summed E-state index contributed by atoms with van der Waals surface area (Å²) in [6.45, 7) is 0. The summed E-state index contributed by atoms with van der Waals surface area (Å²) in [6, 6.07) is 14.2. The molecule has 0 aliphatic carbocycles. The number of pyridine rings is 1. The smallest absolute Gasteiger partial charge is 0.416 e. The first-order chi connectivity index (χ1) is 14.7. The zero-order valence-electron chi connectivity index (χ0n) is 15.8. The molecule has 0 fully saturated rings. The van der Waals surface area contributed by atoms with Crippen LogP contribution in [-0.4, -0.2) is 15.2 Å². The monoisotopic (exact) mass is 557 g/mol. The Morgan fingerprint density at radius 2 is 1.61 bits per heavy atom. The van der Waals surface area contributed by atoms with Crippen LogP contribution in [0.2, 0.25) is 5.02 Å². The van der Waals surface area contributed by atoms with E-state index in [4.69, 9.17) is 11.6 Å². The minimum atomic E-state index is -4.47. The van der Waals surface area contributed by atoms with Gasteiger partial charge in [0.05, 0.1) is 5.56 Å². The maximum absolute atomic E-state index is 13.0. The Bertz CT molecular complexity index is 1100. The van der Waals surface area contributed by atoms with Crippen LogP contribution in [0, 0.1) is 0 Å². The molecule has 1 atom stereocenters. The number of benzene rings is 2. The number of aromatic nitrogens is 1. The van der Waals surface area contributed by atoms with Gasteiger partial charge in [0.2, 0.25) is 0 Å². The van der Waals surface area contributed by atoms with Crippen molar-refractivity contribution in [1.82, 2.24) is 4.98 Å². The molecule has 0 saturated carbocycles. The number of hydrogen-bond acceptors (Lipinski definition) is 3. The first-order valence-corrected chi connectivity index (χ1v) is 10.6. The highest BCUT2D eigenvalue weighted by Gasteiger charge is 2.30. The molecule has 8 heteroatoms. The summed E-state index contributed by atoms with van der Waals surface area (Å²) in [7, 11) is 0. The Kier molecular flexibility index (Phi) is 7.40. The quantitative estimate of drug-likeness (QED) is 0.198. The predicted octanol–water partition coefficient (Wildman–Crippen LogP) is 7.23. The van der Waals surface area contributed by atoms with Crippen molar-refractivity contribution in [3.8, 4) is 0 Å². The second-order valence-corrected chi connectivity index (χ2v) is 7.62. The maximum Gasteiger partial charge on any atom is 0.416 e. The molecule has 0 aliphatic heterocycles. The first-order valence-electron chi connectivity index (χ1n) is 8.98. The van der Waals surface area contributed by atoms with Crippen molar-refractivity contribution < 1.29 is 23.4 Å². The lowest BCUT2D eigenvalue weighted by molar-refractivity contribution is -0.137. The topological polar surface area (TPSA) is 53.4 Å². The molecule has 0 aliphatic rings. The molecule has 0 amide bonds. The molecule has 1 heterocycles. The summed E-state index contributed by atoms with van der Waals surface area (Å²) in [6.07, 6.45) is -2.75. The van der Waals surface area contributed by atoms with Gasteiger partial charge in [0.1, 0.15) is 11.9 Å². The van der Waals surface area contributed by atoms with Gasteiger partial charge in [0, 0.05) is 34.1 Å². The summed E-state index contributed by atoms with van der Waals surface area (Å²) in [5.74, 6) is -0.226. The van der Waals surface area contributed by atoms with E-state index in [0.29, 0.717) is 27.3 Å². The van der Waals surface area contributed by atoms with Crippen LogP contribution in [0.5, 0.6) is 0 Å². The zero-order chi connectivity index (χ0) is 22.6. The van der Waals surface area contributed by atoms with Crippen LogP contribution < -0.4 is 0 Å². The standard InChI is InChI=1S/C23H16ClF3INO2/c24-18-9-5-15(6-10-18)21(30)20(22(31)16-2-1-11-29-13-16)19(12-28)14-3-7-17(8-4-14)23(25,26)27/h1-13,22,30-31H/b19-12+,21-20+. The van der Waals surface area contributed by atoms with Crippen molar-refractivity contribution in [2.24, 2.45) is 0 Å². The summed E-state index contributed by atoms with van der Waals surface area (Å²) in [5, 5.41) is 22.7. The largest absolute Gasteiger partial charge is 0.507 e. The van der Waals surface area contributed by atoms with Gasteiger partial charge >= 0.3 is 6.18 Å². The van der Waals surface area contributed by atoms with E-state index in [-0.39, 0.29) is 11.3 Å². The molecule has 1 unspecified atom stereocenters. The van der Waals surface area contributed by atoms with Gasteiger partial charge in [-0.1, -0.05) is 52.4 Å². The third-order valence-electron chi connectivity index (χ3n) is 4.57. The van der Waals surface area contributed by atoms with Gasteiger partial charge in [-0.05, 0) is 57.7 Å². The molecule has 2 N–H and O–H groups in total. The van der Waals surface area contributed by atoms with E-state index in [1.165, 1.54) is 18.3 Å². The highest BCUT2D eigenvalue weighted by molar-refractivity contribution is 14.1. The normalized spacial score (nSPS) is 14.2. The zero-order valence-corrected chi connectivity index (χ0v) is 18.7. The number of alkyl halides is 3. The van der Waals surface area contributed by atoms with Crippen LogP contribution in [0.25, 0.3) is 11.3 Å². The number of aliphatic hydroxyl groups is 2. The van der Waals surface area contributed by atoms with Gasteiger partial charge < -0.3 is 10.2 Å². The summed E-state index contributed by atoms with van der Waals surface area (Å²) in [5.41, 5.74) is 0.929. The third-order valence-corrected chi connectivity index (χ3v) is 5.44.